The van der Waals surface area contributed by atoms with Crippen molar-refractivity contribution in [1.29, 1.82) is 0 Å². The number of benzene rings is 1. The quantitative estimate of drug-likeness (QED) is 0.769. The molecule has 0 aliphatic carbocycles. The Labute approximate surface area is 136 Å². The molecule has 116 valence electrons. The Bertz CT molecular complexity index is 660. The predicted molar refractivity (Wildman–Crippen MR) is 83.7 cm³/mol. The number of carbonyl (C=O) groups is 2. The lowest BCUT2D eigenvalue weighted by molar-refractivity contribution is -0.160. The first kappa shape index (κ1) is 16.3. The van der Waals surface area contributed by atoms with Crippen LogP contribution in [0.1, 0.15) is 12.5 Å². The predicted octanol–water partition coefficient (Wildman–Crippen LogP) is 2.85. The van der Waals surface area contributed by atoms with E-state index < -0.39 is 17.5 Å². The molecule has 1 unspecified atom stereocenters. The molecule has 0 bridgehead atoms. The van der Waals surface area contributed by atoms with E-state index in [1.165, 1.54) is 21.1 Å². The van der Waals surface area contributed by atoms with E-state index in [4.69, 9.17) is 9.47 Å². The van der Waals surface area contributed by atoms with Crippen molar-refractivity contribution in [3.63, 3.8) is 0 Å². The van der Waals surface area contributed by atoms with Crippen LogP contribution in [0.2, 0.25) is 0 Å². The minimum atomic E-state index is -1.39. The second-order valence-electron chi connectivity index (χ2n) is 4.81. The Balaban J connectivity index is 2.51. The molecular weight excluding hydrogens is 352 g/mol. The molecule has 0 radical (unpaired) electrons. The van der Waals surface area contributed by atoms with Gasteiger partial charge in [-0.05, 0) is 42.3 Å². The van der Waals surface area contributed by atoms with Crippen molar-refractivity contribution in [1.82, 2.24) is 0 Å². The first-order valence-electron chi connectivity index (χ1n) is 6.46. The van der Waals surface area contributed by atoms with Gasteiger partial charge in [0.2, 0.25) is 11.4 Å². The summed E-state index contributed by atoms with van der Waals surface area (Å²) in [6.07, 6.45) is 3.16. The third kappa shape index (κ3) is 3.22. The Morgan fingerprint density at radius 1 is 1.14 bits per heavy atom. The molecule has 1 atom stereocenters. The monoisotopic (exact) mass is 366 g/mol. The summed E-state index contributed by atoms with van der Waals surface area (Å²) in [7, 11) is 2.51. The van der Waals surface area contributed by atoms with Crippen LogP contribution in [0.15, 0.2) is 46.6 Å². The molecule has 2 rings (SSSR count). The van der Waals surface area contributed by atoms with Crippen molar-refractivity contribution >= 4 is 33.4 Å². The number of halogens is 1. The molecular formula is C16H15BrO5. The van der Waals surface area contributed by atoms with Crippen LogP contribution in [0.3, 0.4) is 0 Å². The zero-order chi connectivity index (χ0) is 16.3. The largest absolute Gasteiger partial charge is 0.466 e. The van der Waals surface area contributed by atoms with Gasteiger partial charge in [-0.1, -0.05) is 28.1 Å². The van der Waals surface area contributed by atoms with Crippen LogP contribution >= 0.6 is 15.9 Å². The summed E-state index contributed by atoms with van der Waals surface area (Å²) >= 11 is 3.36. The summed E-state index contributed by atoms with van der Waals surface area (Å²) in [4.78, 5) is 23.8. The molecule has 1 aliphatic heterocycles. The maximum absolute atomic E-state index is 12.0. The second kappa shape index (κ2) is 6.36. The van der Waals surface area contributed by atoms with Crippen LogP contribution in [-0.4, -0.2) is 31.8 Å². The normalized spacial score (nSPS) is 20.4. The van der Waals surface area contributed by atoms with E-state index in [1.54, 1.807) is 12.2 Å². The number of methoxy groups -OCH3 is 2. The highest BCUT2D eigenvalue weighted by molar-refractivity contribution is 9.10. The lowest BCUT2D eigenvalue weighted by Gasteiger charge is -2.29. The summed E-state index contributed by atoms with van der Waals surface area (Å²) in [6, 6.07) is 7.47. The third-order valence-corrected chi connectivity index (χ3v) is 3.72. The van der Waals surface area contributed by atoms with E-state index >= 15 is 0 Å². The molecule has 0 amide bonds. The van der Waals surface area contributed by atoms with Gasteiger partial charge in [0, 0.05) is 4.47 Å². The number of allylic oxidation sites excluding steroid dienone is 2. The van der Waals surface area contributed by atoms with Crippen molar-refractivity contribution in [2.45, 2.75) is 12.5 Å². The van der Waals surface area contributed by atoms with E-state index in [0.29, 0.717) is 5.57 Å². The molecule has 22 heavy (non-hydrogen) atoms. The fourth-order valence-corrected chi connectivity index (χ4v) is 2.34. The van der Waals surface area contributed by atoms with E-state index in [1.807, 2.05) is 24.3 Å². The van der Waals surface area contributed by atoms with Crippen LogP contribution in [0.4, 0.5) is 0 Å². The van der Waals surface area contributed by atoms with Crippen molar-refractivity contribution in [3.8, 4) is 0 Å². The van der Waals surface area contributed by atoms with Gasteiger partial charge in [0.15, 0.2) is 0 Å². The van der Waals surface area contributed by atoms with Crippen LogP contribution in [0, 0.1) is 0 Å². The Hall–Kier alpha value is -2.08. The number of rotatable bonds is 3. The highest BCUT2D eigenvalue weighted by atomic mass is 79.9. The maximum Gasteiger partial charge on any atom is 0.373 e. The fraction of sp³-hybridized carbons (Fsp3) is 0.250. The van der Waals surface area contributed by atoms with E-state index in [2.05, 4.69) is 20.7 Å². The molecule has 1 aromatic rings. The van der Waals surface area contributed by atoms with Gasteiger partial charge in [-0.2, -0.15) is 0 Å². The summed E-state index contributed by atoms with van der Waals surface area (Å²) < 4.78 is 15.9. The van der Waals surface area contributed by atoms with Gasteiger partial charge < -0.3 is 14.2 Å². The highest BCUT2D eigenvalue weighted by Gasteiger charge is 2.40. The fourth-order valence-electron chi connectivity index (χ4n) is 2.08. The number of hydrogen-bond acceptors (Lipinski definition) is 5. The Kier molecular flexibility index (Phi) is 4.71. The molecule has 1 aliphatic rings. The van der Waals surface area contributed by atoms with Crippen molar-refractivity contribution < 1.29 is 23.8 Å². The molecule has 0 saturated heterocycles. The molecule has 0 spiro atoms. The van der Waals surface area contributed by atoms with Crippen LogP contribution in [-0.2, 0) is 23.8 Å². The highest BCUT2D eigenvalue weighted by Crippen LogP contribution is 2.32. The summed E-state index contributed by atoms with van der Waals surface area (Å²) in [5.74, 6) is -1.30. The number of hydrogen-bond donors (Lipinski definition) is 0. The van der Waals surface area contributed by atoms with E-state index in [9.17, 15) is 9.59 Å². The molecule has 0 saturated carbocycles. The van der Waals surface area contributed by atoms with Gasteiger partial charge in [-0.15, -0.1) is 0 Å². The smallest absolute Gasteiger partial charge is 0.373 e. The molecule has 1 aromatic carbocycles. The number of esters is 2. The number of carbonyl (C=O) groups excluding carboxylic acids is 2. The molecule has 0 aromatic heterocycles. The molecule has 0 N–H and O–H groups in total. The van der Waals surface area contributed by atoms with E-state index in [0.717, 1.165) is 10.0 Å². The first-order chi connectivity index (χ1) is 10.4. The third-order valence-electron chi connectivity index (χ3n) is 3.19. The van der Waals surface area contributed by atoms with Crippen molar-refractivity contribution in [2.24, 2.45) is 0 Å². The summed E-state index contributed by atoms with van der Waals surface area (Å²) in [5.41, 5.74) is 0.116. The van der Waals surface area contributed by atoms with Gasteiger partial charge in [0.25, 0.3) is 0 Å². The zero-order valence-electron chi connectivity index (χ0n) is 12.4. The van der Waals surface area contributed by atoms with Gasteiger partial charge >= 0.3 is 11.9 Å². The van der Waals surface area contributed by atoms with Gasteiger partial charge in [-0.3, -0.25) is 0 Å². The summed E-state index contributed by atoms with van der Waals surface area (Å²) in [5, 5.41) is 0. The van der Waals surface area contributed by atoms with Crippen molar-refractivity contribution in [2.75, 3.05) is 14.2 Å². The maximum atomic E-state index is 12.0. The molecule has 5 nitrogen and oxygen atoms in total. The number of ether oxygens (including phenoxy) is 3. The second-order valence-corrected chi connectivity index (χ2v) is 5.72. The lowest BCUT2D eigenvalue weighted by Crippen LogP contribution is -2.40. The lowest BCUT2D eigenvalue weighted by atomic mass is 9.94. The van der Waals surface area contributed by atoms with E-state index in [-0.39, 0.29) is 5.76 Å². The first-order valence-corrected chi connectivity index (χ1v) is 7.25. The Morgan fingerprint density at radius 3 is 2.32 bits per heavy atom. The van der Waals surface area contributed by atoms with Crippen LogP contribution in [0.25, 0.3) is 5.57 Å². The molecule has 6 heteroatoms. The summed E-state index contributed by atoms with van der Waals surface area (Å²) in [6.45, 7) is 1.54. The van der Waals surface area contributed by atoms with Crippen LogP contribution < -0.4 is 0 Å². The average molecular weight is 367 g/mol. The zero-order valence-corrected chi connectivity index (χ0v) is 14.0. The SMILES string of the molecule is COC(=O)C1=CC(c2ccc(Br)cc2)=CC(C)(C(=O)OC)O1. The minimum absolute atomic E-state index is 0.0455. The van der Waals surface area contributed by atoms with Gasteiger partial charge in [-0.25, -0.2) is 9.59 Å². The molecule has 1 heterocycles. The van der Waals surface area contributed by atoms with Crippen molar-refractivity contribution in [3.05, 3.63) is 52.2 Å². The van der Waals surface area contributed by atoms with Gasteiger partial charge in [0.1, 0.15) is 0 Å². The molecule has 0 fully saturated rings. The average Bonchev–Trinajstić information content (AvgIpc) is 2.53. The van der Waals surface area contributed by atoms with Crippen LogP contribution in [0.5, 0.6) is 0 Å². The minimum Gasteiger partial charge on any atom is -0.466 e. The standard InChI is InChI=1S/C16H15BrO5/c1-16(15(19)21-3)9-11(8-13(22-16)14(18)20-2)10-4-6-12(17)7-5-10/h4-9H,1-3H3. The van der Waals surface area contributed by atoms with Gasteiger partial charge in [0.05, 0.1) is 14.2 Å². The topological polar surface area (TPSA) is 61.8 Å². The Morgan fingerprint density at radius 2 is 1.77 bits per heavy atom.